The minimum atomic E-state index is -3.51. The number of carbonyl (C=O) groups excluding carboxylic acids is 1. The van der Waals surface area contributed by atoms with Gasteiger partial charge in [-0.05, 0) is 36.6 Å². The van der Waals surface area contributed by atoms with Crippen molar-refractivity contribution in [3.05, 3.63) is 47.9 Å². The molecule has 2 aliphatic heterocycles. The lowest BCUT2D eigenvalue weighted by Crippen LogP contribution is -2.38. The van der Waals surface area contributed by atoms with Crippen molar-refractivity contribution in [3.63, 3.8) is 0 Å². The second kappa shape index (κ2) is 11.3. The van der Waals surface area contributed by atoms with E-state index < -0.39 is 16.0 Å². The van der Waals surface area contributed by atoms with Crippen molar-refractivity contribution in [2.75, 3.05) is 43.9 Å². The lowest BCUT2D eigenvalue weighted by molar-refractivity contribution is -0.140. The smallest absolute Gasteiger partial charge is 0.306 e. The van der Waals surface area contributed by atoms with Crippen molar-refractivity contribution in [1.82, 2.24) is 19.3 Å². The maximum Gasteiger partial charge on any atom is 0.306 e. The van der Waals surface area contributed by atoms with Crippen LogP contribution < -0.4 is 9.64 Å². The van der Waals surface area contributed by atoms with E-state index in [0.29, 0.717) is 24.7 Å². The van der Waals surface area contributed by atoms with Crippen LogP contribution in [0.25, 0.3) is 15.8 Å². The molecule has 38 heavy (non-hydrogen) atoms. The molecule has 1 aromatic carbocycles. The van der Waals surface area contributed by atoms with Crippen LogP contribution in [0.2, 0.25) is 0 Å². The Morgan fingerprint density at radius 2 is 1.97 bits per heavy atom. The molecule has 2 aromatic heterocycles. The zero-order valence-electron chi connectivity index (χ0n) is 21.5. The van der Waals surface area contributed by atoms with Gasteiger partial charge < -0.3 is 14.4 Å². The molecule has 0 N–H and O–H groups in total. The Bertz CT molecular complexity index is 1430. The fourth-order valence-corrected chi connectivity index (χ4v) is 6.93. The largest absolute Gasteiger partial charge is 0.469 e. The monoisotopic (exact) mass is 557 g/mol. The number of benzene rings is 1. The van der Waals surface area contributed by atoms with E-state index in [1.807, 2.05) is 31.3 Å². The first kappa shape index (κ1) is 26.5. The van der Waals surface area contributed by atoms with Crippen molar-refractivity contribution in [2.24, 2.45) is 0 Å². The van der Waals surface area contributed by atoms with Crippen LogP contribution in [0.4, 0.5) is 5.82 Å². The Labute approximate surface area is 226 Å². The summed E-state index contributed by atoms with van der Waals surface area (Å²) in [5.74, 6) is 0.142. The first-order valence-corrected chi connectivity index (χ1v) is 15.1. The molecule has 1 fully saturated rings. The molecule has 12 heteroatoms. The summed E-state index contributed by atoms with van der Waals surface area (Å²) in [7, 11) is -2.25. The summed E-state index contributed by atoms with van der Waals surface area (Å²) in [6.45, 7) is 4.34. The van der Waals surface area contributed by atoms with E-state index in [2.05, 4.69) is 30.7 Å². The van der Waals surface area contributed by atoms with E-state index in [1.165, 1.54) is 22.8 Å². The number of esters is 1. The highest BCUT2D eigenvalue weighted by Gasteiger charge is 2.26. The highest BCUT2D eigenvalue weighted by atomic mass is 32.2. The van der Waals surface area contributed by atoms with Crippen molar-refractivity contribution in [2.45, 2.75) is 38.7 Å². The second-order valence-corrected chi connectivity index (χ2v) is 12.5. The molecule has 0 amide bonds. The molecule has 3 aromatic rings. The molecule has 0 aliphatic carbocycles. The molecular weight excluding hydrogens is 526 g/mol. The molecule has 2 aliphatic rings. The number of piperidine rings is 1. The molecule has 10 nitrogen and oxygen atoms in total. The Morgan fingerprint density at radius 1 is 1.16 bits per heavy atom. The molecule has 0 bridgehead atoms. The van der Waals surface area contributed by atoms with Crippen LogP contribution in [-0.4, -0.2) is 78.8 Å². The van der Waals surface area contributed by atoms with Gasteiger partial charge in [-0.3, -0.25) is 9.78 Å². The summed E-state index contributed by atoms with van der Waals surface area (Å²) in [4.78, 5) is 27.1. The van der Waals surface area contributed by atoms with Crippen LogP contribution in [-0.2, 0) is 19.6 Å². The number of aromatic nitrogens is 3. The molecule has 0 spiro atoms. The Hall–Kier alpha value is -3.09. The number of methoxy groups -OCH3 is 1. The molecule has 4 heterocycles. The Morgan fingerprint density at radius 3 is 2.66 bits per heavy atom. The number of rotatable bonds is 8. The summed E-state index contributed by atoms with van der Waals surface area (Å²) >= 11 is 1.54. The summed E-state index contributed by atoms with van der Waals surface area (Å²) in [5.41, 5.74) is 3.97. The van der Waals surface area contributed by atoms with Crippen LogP contribution in [0.15, 0.2) is 36.7 Å². The number of fused-ring (bicyclic) bond motifs is 1. The van der Waals surface area contributed by atoms with Crippen molar-refractivity contribution < 1.29 is 22.7 Å². The number of thiazole rings is 1. The first-order valence-electron chi connectivity index (χ1n) is 12.7. The van der Waals surface area contributed by atoms with Crippen molar-refractivity contribution >= 4 is 48.9 Å². The van der Waals surface area contributed by atoms with E-state index in [0.717, 1.165) is 58.8 Å². The molecule has 202 valence electrons. The predicted molar refractivity (Wildman–Crippen MR) is 147 cm³/mol. The number of sulfonamides is 1. The van der Waals surface area contributed by atoms with Gasteiger partial charge in [0.1, 0.15) is 11.9 Å². The summed E-state index contributed by atoms with van der Waals surface area (Å²) in [6.07, 6.45) is 7.93. The van der Waals surface area contributed by atoms with Crippen LogP contribution in [0.1, 0.15) is 36.9 Å². The maximum atomic E-state index is 12.6. The van der Waals surface area contributed by atoms with Gasteiger partial charge in [0.15, 0.2) is 0 Å². The van der Waals surface area contributed by atoms with Gasteiger partial charge in [-0.1, -0.05) is 23.5 Å². The molecule has 0 saturated carbocycles. The van der Waals surface area contributed by atoms with Gasteiger partial charge in [-0.15, -0.1) is 0 Å². The summed E-state index contributed by atoms with van der Waals surface area (Å²) in [5, 5.41) is 0.672. The van der Waals surface area contributed by atoms with E-state index in [4.69, 9.17) is 4.74 Å². The minimum Gasteiger partial charge on any atom is -0.469 e. The minimum absolute atomic E-state index is 0.109. The van der Waals surface area contributed by atoms with E-state index in [1.54, 1.807) is 6.20 Å². The van der Waals surface area contributed by atoms with Crippen LogP contribution >= 0.6 is 11.3 Å². The zero-order valence-corrected chi connectivity index (χ0v) is 23.1. The highest BCUT2D eigenvalue weighted by molar-refractivity contribution is 7.89. The van der Waals surface area contributed by atoms with Gasteiger partial charge in [-0.2, -0.15) is 4.31 Å². The topological polar surface area (TPSA) is 115 Å². The molecule has 0 atom stereocenters. The number of hydrogen-bond donors (Lipinski definition) is 0. The third kappa shape index (κ3) is 6.13. The van der Waals surface area contributed by atoms with Crippen molar-refractivity contribution in [3.8, 4) is 5.19 Å². The molecular formula is C26H31N5O5S2. The highest BCUT2D eigenvalue weighted by Crippen LogP contribution is 2.33. The van der Waals surface area contributed by atoms with Gasteiger partial charge in [0, 0.05) is 39.0 Å². The Balaban J connectivity index is 1.18. The number of anilines is 1. The lowest BCUT2D eigenvalue weighted by Gasteiger charge is -2.32. The molecule has 0 radical (unpaired) electrons. The number of carbonyl (C=O) groups is 1. The average Bonchev–Trinajstić information content (AvgIpc) is 3.34. The SMILES string of the molecule is COC(=O)CCS(=O)(=O)N1CC=C(c2ccc3nc(OC4CCN(c5cnc(C)cn5)CC4)sc3c2)CC1. The summed E-state index contributed by atoms with van der Waals surface area (Å²) in [6, 6.07) is 6.12. The number of hydrogen-bond acceptors (Lipinski definition) is 10. The molecule has 0 unspecified atom stereocenters. The summed E-state index contributed by atoms with van der Waals surface area (Å²) < 4.78 is 38.4. The normalized spacial score (nSPS) is 17.4. The molecule has 5 rings (SSSR count). The van der Waals surface area contributed by atoms with E-state index >= 15 is 0 Å². The van der Waals surface area contributed by atoms with Crippen LogP contribution in [0, 0.1) is 6.92 Å². The Kier molecular flexibility index (Phi) is 7.91. The fourth-order valence-electron chi connectivity index (χ4n) is 4.66. The quantitative estimate of drug-likeness (QED) is 0.384. The van der Waals surface area contributed by atoms with Crippen molar-refractivity contribution in [1.29, 1.82) is 0 Å². The second-order valence-electron chi connectivity index (χ2n) is 9.46. The van der Waals surface area contributed by atoms with Crippen LogP contribution in [0.3, 0.4) is 0 Å². The molecule has 1 saturated heterocycles. The van der Waals surface area contributed by atoms with E-state index in [-0.39, 0.29) is 18.3 Å². The van der Waals surface area contributed by atoms with Crippen LogP contribution in [0.5, 0.6) is 5.19 Å². The number of aryl methyl sites for hydroxylation is 1. The van der Waals surface area contributed by atoms with Gasteiger partial charge in [-0.25, -0.2) is 18.4 Å². The number of nitrogens with zero attached hydrogens (tertiary/aromatic N) is 5. The fraction of sp³-hybridized carbons (Fsp3) is 0.462. The average molecular weight is 558 g/mol. The number of ether oxygens (including phenoxy) is 2. The third-order valence-corrected chi connectivity index (χ3v) is 9.64. The zero-order chi connectivity index (χ0) is 26.7. The predicted octanol–water partition coefficient (Wildman–Crippen LogP) is 3.42. The van der Waals surface area contributed by atoms with Gasteiger partial charge >= 0.3 is 5.97 Å². The van der Waals surface area contributed by atoms with Gasteiger partial charge in [0.25, 0.3) is 5.19 Å². The lowest BCUT2D eigenvalue weighted by atomic mass is 10.0. The maximum absolute atomic E-state index is 12.6. The van der Waals surface area contributed by atoms with Gasteiger partial charge in [0.05, 0.1) is 47.6 Å². The van der Waals surface area contributed by atoms with Gasteiger partial charge in [0.2, 0.25) is 10.0 Å². The van der Waals surface area contributed by atoms with E-state index in [9.17, 15) is 13.2 Å². The first-order chi connectivity index (χ1) is 18.3. The third-order valence-electron chi connectivity index (χ3n) is 6.90. The standard InChI is InChI=1S/C26H31N5O5S2/c1-18-16-28-24(17-27-18)30-10-7-21(8-11-30)36-26-29-22-4-3-20(15-23(22)37-26)19-5-12-31(13-6-19)38(33,34)14-9-25(32)35-2/h3-5,15-17,21H,6-14H2,1-2H3.